The third kappa shape index (κ3) is 2.25. The lowest BCUT2D eigenvalue weighted by Gasteiger charge is -2.16. The van der Waals surface area contributed by atoms with Gasteiger partial charge in [0.1, 0.15) is 10.9 Å². The molecular formula is C9H16N2O4S. The molecule has 0 aliphatic carbocycles. The molecule has 1 rings (SSSR count). The Morgan fingerprint density at radius 3 is 2.50 bits per heavy atom. The van der Waals surface area contributed by atoms with E-state index in [-0.39, 0.29) is 11.7 Å². The van der Waals surface area contributed by atoms with Crippen LogP contribution >= 0.6 is 0 Å². The zero-order valence-electron chi connectivity index (χ0n) is 9.76. The average Bonchev–Trinajstić information content (AvgIpc) is 2.64. The number of sulfone groups is 1. The molecule has 0 radical (unpaired) electrons. The van der Waals surface area contributed by atoms with Gasteiger partial charge in [-0.3, -0.25) is 0 Å². The molecule has 92 valence electrons. The van der Waals surface area contributed by atoms with Crippen molar-refractivity contribution < 1.29 is 18.0 Å². The van der Waals surface area contributed by atoms with E-state index in [1.807, 2.05) is 0 Å². The van der Waals surface area contributed by atoms with Crippen molar-refractivity contribution in [3.05, 3.63) is 11.7 Å². The molecule has 0 aliphatic rings. The fourth-order valence-electron chi connectivity index (χ4n) is 0.956. The molecule has 0 fully saturated rings. The van der Waals surface area contributed by atoms with Crippen molar-refractivity contribution in [2.45, 2.75) is 38.0 Å². The minimum absolute atomic E-state index is 0.00231. The van der Waals surface area contributed by atoms with E-state index in [1.165, 1.54) is 13.8 Å². The monoisotopic (exact) mass is 248 g/mol. The zero-order valence-corrected chi connectivity index (χ0v) is 10.6. The molecule has 0 amide bonds. The molecule has 1 atom stereocenters. The van der Waals surface area contributed by atoms with E-state index in [0.717, 1.165) is 6.26 Å². The minimum atomic E-state index is -3.35. The smallest absolute Gasteiger partial charge is 0.247 e. The SMILES string of the molecule is CCC(O)c1noc(C(C)(C)S(C)(=O)=O)n1. The summed E-state index contributed by atoms with van der Waals surface area (Å²) in [5.41, 5.74) is 0. The van der Waals surface area contributed by atoms with E-state index in [1.54, 1.807) is 6.92 Å². The lowest BCUT2D eigenvalue weighted by atomic mass is 10.2. The summed E-state index contributed by atoms with van der Waals surface area (Å²) in [6.07, 6.45) is 0.721. The van der Waals surface area contributed by atoms with Crippen LogP contribution in [0.4, 0.5) is 0 Å². The van der Waals surface area contributed by atoms with Gasteiger partial charge in [-0.05, 0) is 20.3 Å². The average molecular weight is 248 g/mol. The van der Waals surface area contributed by atoms with E-state index < -0.39 is 20.7 Å². The van der Waals surface area contributed by atoms with Gasteiger partial charge >= 0.3 is 0 Å². The third-order valence-corrected chi connectivity index (χ3v) is 4.60. The molecule has 0 bridgehead atoms. The summed E-state index contributed by atoms with van der Waals surface area (Å²) < 4.78 is 26.7. The molecule has 1 aromatic rings. The van der Waals surface area contributed by atoms with Gasteiger partial charge in [0.2, 0.25) is 5.89 Å². The van der Waals surface area contributed by atoms with Gasteiger partial charge in [-0.15, -0.1) is 0 Å². The Morgan fingerprint density at radius 2 is 2.06 bits per heavy atom. The summed E-state index contributed by atoms with van der Waals surface area (Å²) in [5, 5.41) is 13.0. The molecule has 16 heavy (non-hydrogen) atoms. The van der Waals surface area contributed by atoms with Gasteiger partial charge in [-0.2, -0.15) is 4.98 Å². The van der Waals surface area contributed by atoms with Crippen LogP contribution in [-0.2, 0) is 14.6 Å². The van der Waals surface area contributed by atoms with Crippen LogP contribution in [0.3, 0.4) is 0 Å². The molecule has 0 aliphatic heterocycles. The number of hydrogen-bond acceptors (Lipinski definition) is 6. The van der Waals surface area contributed by atoms with Gasteiger partial charge in [0.15, 0.2) is 15.7 Å². The van der Waals surface area contributed by atoms with E-state index in [2.05, 4.69) is 10.1 Å². The van der Waals surface area contributed by atoms with Crippen LogP contribution in [-0.4, -0.2) is 29.9 Å². The predicted octanol–water partition coefficient (Wildman–Crippen LogP) is 0.793. The maximum atomic E-state index is 11.5. The second-order valence-electron chi connectivity index (χ2n) is 4.16. The maximum Gasteiger partial charge on any atom is 0.247 e. The van der Waals surface area contributed by atoms with Crippen molar-refractivity contribution >= 4 is 9.84 Å². The highest BCUT2D eigenvalue weighted by molar-refractivity contribution is 7.91. The molecule has 0 spiro atoms. The minimum Gasteiger partial charge on any atom is -0.385 e. The predicted molar refractivity (Wildman–Crippen MR) is 57.4 cm³/mol. The Labute approximate surface area is 94.6 Å². The number of hydrogen-bond donors (Lipinski definition) is 1. The molecule has 1 aromatic heterocycles. The van der Waals surface area contributed by atoms with Crippen molar-refractivity contribution in [1.29, 1.82) is 0 Å². The van der Waals surface area contributed by atoms with Crippen LogP contribution in [0, 0.1) is 0 Å². The normalized spacial score (nSPS) is 15.1. The first-order chi connectivity index (χ1) is 7.20. The molecule has 0 saturated carbocycles. The first-order valence-electron chi connectivity index (χ1n) is 4.92. The van der Waals surface area contributed by atoms with E-state index in [4.69, 9.17) is 4.52 Å². The fraction of sp³-hybridized carbons (Fsp3) is 0.778. The third-order valence-electron chi connectivity index (χ3n) is 2.57. The van der Waals surface area contributed by atoms with Gasteiger partial charge in [-0.25, -0.2) is 8.42 Å². The number of aromatic nitrogens is 2. The van der Waals surface area contributed by atoms with Gasteiger partial charge in [0, 0.05) is 6.26 Å². The Balaban J connectivity index is 3.12. The summed E-state index contributed by atoms with van der Waals surface area (Å²) in [7, 11) is -3.35. The van der Waals surface area contributed by atoms with E-state index >= 15 is 0 Å². The second kappa shape index (κ2) is 4.14. The fourth-order valence-corrected chi connectivity index (χ4v) is 1.36. The van der Waals surface area contributed by atoms with E-state index in [0.29, 0.717) is 6.42 Å². The molecule has 1 N–H and O–H groups in total. The van der Waals surface area contributed by atoms with Crippen molar-refractivity contribution in [3.63, 3.8) is 0 Å². The summed E-state index contributed by atoms with van der Waals surface area (Å²) in [4.78, 5) is 3.91. The van der Waals surface area contributed by atoms with Crippen molar-refractivity contribution in [1.82, 2.24) is 10.1 Å². The van der Waals surface area contributed by atoms with Gasteiger partial charge in [0.05, 0.1) is 0 Å². The number of aliphatic hydroxyl groups is 1. The maximum absolute atomic E-state index is 11.5. The largest absolute Gasteiger partial charge is 0.385 e. The standard InChI is InChI=1S/C9H16N2O4S/c1-5-6(12)7-10-8(15-11-7)9(2,3)16(4,13)14/h6,12H,5H2,1-4H3. The molecule has 0 aromatic carbocycles. The number of nitrogens with zero attached hydrogens (tertiary/aromatic N) is 2. The van der Waals surface area contributed by atoms with Crippen LogP contribution in [0.15, 0.2) is 4.52 Å². The number of aliphatic hydroxyl groups excluding tert-OH is 1. The van der Waals surface area contributed by atoms with Crippen LogP contribution in [0.25, 0.3) is 0 Å². The Morgan fingerprint density at radius 1 is 1.50 bits per heavy atom. The molecule has 7 heteroatoms. The summed E-state index contributed by atoms with van der Waals surface area (Å²) in [6.45, 7) is 4.73. The number of rotatable bonds is 4. The highest BCUT2D eigenvalue weighted by Crippen LogP contribution is 2.28. The van der Waals surface area contributed by atoms with E-state index in [9.17, 15) is 13.5 Å². The summed E-state index contributed by atoms with van der Waals surface area (Å²) in [6, 6.07) is 0. The first-order valence-corrected chi connectivity index (χ1v) is 6.81. The lowest BCUT2D eigenvalue weighted by molar-refractivity contribution is 0.159. The summed E-state index contributed by atoms with van der Waals surface area (Å²) >= 11 is 0. The molecule has 6 nitrogen and oxygen atoms in total. The Kier molecular flexibility index (Phi) is 3.39. The van der Waals surface area contributed by atoms with Crippen LogP contribution in [0.2, 0.25) is 0 Å². The quantitative estimate of drug-likeness (QED) is 0.846. The first kappa shape index (κ1) is 13.1. The lowest BCUT2D eigenvalue weighted by Crippen LogP contribution is -2.28. The zero-order chi connectivity index (χ0) is 12.6. The highest BCUT2D eigenvalue weighted by atomic mass is 32.2. The Hall–Kier alpha value is -0.950. The van der Waals surface area contributed by atoms with Crippen LogP contribution in [0.1, 0.15) is 45.0 Å². The molecule has 1 unspecified atom stereocenters. The van der Waals surface area contributed by atoms with Crippen molar-refractivity contribution in [3.8, 4) is 0 Å². The summed E-state index contributed by atoms with van der Waals surface area (Å²) in [5.74, 6) is 0.117. The van der Waals surface area contributed by atoms with Gasteiger partial charge in [-0.1, -0.05) is 12.1 Å². The second-order valence-corrected chi connectivity index (χ2v) is 6.73. The Bertz CT molecular complexity index is 464. The highest BCUT2D eigenvalue weighted by Gasteiger charge is 2.38. The molecule has 1 heterocycles. The molecular weight excluding hydrogens is 232 g/mol. The molecule has 0 saturated heterocycles. The van der Waals surface area contributed by atoms with Gasteiger partial charge < -0.3 is 9.63 Å². The van der Waals surface area contributed by atoms with Gasteiger partial charge in [0.25, 0.3) is 0 Å². The van der Waals surface area contributed by atoms with Crippen molar-refractivity contribution in [2.24, 2.45) is 0 Å². The van der Waals surface area contributed by atoms with Crippen molar-refractivity contribution in [2.75, 3.05) is 6.26 Å². The topological polar surface area (TPSA) is 93.3 Å². The van der Waals surface area contributed by atoms with Crippen LogP contribution < -0.4 is 0 Å². The van der Waals surface area contributed by atoms with Crippen LogP contribution in [0.5, 0.6) is 0 Å².